The average molecular weight is 854 g/mol. The Kier molecular flexibility index (Phi) is 12.8. The monoisotopic (exact) mass is 853 g/mol. The highest BCUT2D eigenvalue weighted by atomic mass is 35.5. The number of rotatable bonds is 10. The Labute approximate surface area is 349 Å². The van der Waals surface area contributed by atoms with E-state index in [-0.39, 0.29) is 57.7 Å². The number of aromatic nitrogens is 3. The zero-order valence-corrected chi connectivity index (χ0v) is 34.6. The van der Waals surface area contributed by atoms with Gasteiger partial charge in [0.15, 0.2) is 0 Å². The van der Waals surface area contributed by atoms with E-state index in [2.05, 4.69) is 30.7 Å². The van der Waals surface area contributed by atoms with Gasteiger partial charge < -0.3 is 45.5 Å². The molecule has 4 aromatic rings. The van der Waals surface area contributed by atoms with Gasteiger partial charge in [-0.25, -0.2) is 19.6 Å². The van der Waals surface area contributed by atoms with Gasteiger partial charge in [0.05, 0.1) is 28.0 Å². The Morgan fingerprint density at radius 2 is 1.67 bits per heavy atom. The van der Waals surface area contributed by atoms with Crippen molar-refractivity contribution in [2.75, 3.05) is 36.9 Å². The summed E-state index contributed by atoms with van der Waals surface area (Å²) < 4.78 is 45.6. The van der Waals surface area contributed by atoms with Crippen molar-refractivity contribution >= 4 is 47.0 Å². The molecule has 0 unspecified atom stereocenters. The zero-order valence-electron chi connectivity index (χ0n) is 33.8. The molecule has 0 aliphatic carbocycles. The van der Waals surface area contributed by atoms with Crippen LogP contribution in [0.25, 0.3) is 22.4 Å². The van der Waals surface area contributed by atoms with E-state index in [1.807, 2.05) is 25.7 Å². The number of carbonyl (C=O) groups is 4. The molecule has 60 heavy (non-hydrogen) atoms. The van der Waals surface area contributed by atoms with Crippen molar-refractivity contribution in [3.8, 4) is 28.1 Å². The number of anilines is 2. The molecule has 5 amide bonds. The number of ether oxygens (including phenoxy) is 1. The van der Waals surface area contributed by atoms with Crippen molar-refractivity contribution in [3.05, 3.63) is 77.3 Å². The lowest BCUT2D eigenvalue weighted by molar-refractivity contribution is -0.274. The highest BCUT2D eigenvalue weighted by Gasteiger charge is 2.40. The fourth-order valence-electron chi connectivity index (χ4n) is 7.69. The fourth-order valence-corrected chi connectivity index (χ4v) is 7.90. The number of hydrogen-bond donors (Lipinski definition) is 5. The number of halogens is 4. The Bertz CT molecular complexity index is 2220. The number of pyridine rings is 1. The molecule has 2 aromatic carbocycles. The van der Waals surface area contributed by atoms with Gasteiger partial charge in [-0.1, -0.05) is 56.6 Å². The van der Waals surface area contributed by atoms with Crippen LogP contribution in [0, 0.1) is 11.8 Å². The minimum absolute atomic E-state index is 0.0132. The third-order valence-electron chi connectivity index (χ3n) is 10.7. The summed E-state index contributed by atoms with van der Waals surface area (Å²) in [6.07, 6.45) is -2.72. The quantitative estimate of drug-likeness (QED) is 0.109. The van der Waals surface area contributed by atoms with E-state index in [1.165, 1.54) is 12.3 Å². The number of carbonyl (C=O) groups excluding carboxylic acids is 3. The minimum atomic E-state index is -5.07. The SMILES string of the molecule is CNC(=O)N1C[C@@H](C)N(c2ccc(C(=O)Nc3cc(OC(F)(F)F)c(-c4ccc(-c5c[nH]c([C@@H]6C[C@H](C)CN6C(=O)[C@@H](NC(=O)O)C(C)C)n5)cc4)cc3Cl)cn2)C[C@@H]1C. The standard InChI is InChI=1S/C41H47ClF3N9O6/c1-21(2)35(51-40(58)59)38(56)54-18-22(3)13-32(54)36-48-17-31(49-36)26-9-7-25(8-10-26)28-14-29(42)30(15-33(28)60-41(43,44)45)50-37(55)27-11-12-34(47-16-27)52-19-24(5)53(20-23(52)4)39(57)46-6/h7-12,14-17,21-24,32,35,51H,13,18-20H2,1-6H3,(H,46,57)(H,48,49)(H,50,55)(H,58,59)/t22-,23+,24-,32-,35-/m0/s1. The number of hydrogen-bond acceptors (Lipinski definition) is 8. The normalized spacial score (nSPS) is 19.9. The number of urea groups is 1. The van der Waals surface area contributed by atoms with Crippen LogP contribution >= 0.6 is 11.6 Å². The van der Waals surface area contributed by atoms with Crippen molar-refractivity contribution in [1.82, 2.24) is 35.4 Å². The lowest BCUT2D eigenvalue weighted by Gasteiger charge is -2.44. The lowest BCUT2D eigenvalue weighted by Crippen LogP contribution is -2.60. The molecule has 2 saturated heterocycles. The highest BCUT2D eigenvalue weighted by Crippen LogP contribution is 2.41. The van der Waals surface area contributed by atoms with Gasteiger partial charge in [-0.15, -0.1) is 13.2 Å². The summed E-state index contributed by atoms with van der Waals surface area (Å²) >= 11 is 6.57. The van der Waals surface area contributed by atoms with Crippen LogP contribution < -0.4 is 25.6 Å². The second-order valence-corrected chi connectivity index (χ2v) is 16.0. The van der Waals surface area contributed by atoms with Gasteiger partial charge in [0.25, 0.3) is 5.91 Å². The third-order valence-corrected chi connectivity index (χ3v) is 11.0. The summed E-state index contributed by atoms with van der Waals surface area (Å²) in [6, 6.07) is 10.3. The van der Waals surface area contributed by atoms with E-state index in [1.54, 1.807) is 73.3 Å². The van der Waals surface area contributed by atoms with Crippen LogP contribution in [0.3, 0.4) is 0 Å². The third kappa shape index (κ3) is 9.70. The summed E-state index contributed by atoms with van der Waals surface area (Å²) in [6.45, 7) is 10.8. The van der Waals surface area contributed by atoms with E-state index < -0.39 is 36.2 Å². The number of carboxylic acid groups (broad SMARTS) is 1. The number of likely N-dealkylation sites (tertiary alicyclic amines) is 1. The van der Waals surface area contributed by atoms with Crippen molar-refractivity contribution < 1.29 is 42.2 Å². The molecular weight excluding hydrogens is 807 g/mol. The number of benzene rings is 2. The Hall–Kier alpha value is -6.04. The van der Waals surface area contributed by atoms with Crippen LogP contribution in [0.15, 0.2) is 60.9 Å². The summed E-state index contributed by atoms with van der Waals surface area (Å²) in [7, 11) is 1.58. The second-order valence-electron chi connectivity index (χ2n) is 15.6. The summed E-state index contributed by atoms with van der Waals surface area (Å²) in [4.78, 5) is 68.3. The van der Waals surface area contributed by atoms with Gasteiger partial charge in [-0.2, -0.15) is 0 Å². The zero-order chi connectivity index (χ0) is 43.6. The molecule has 2 aromatic heterocycles. The van der Waals surface area contributed by atoms with Crippen LogP contribution in [0.4, 0.5) is 34.3 Å². The number of aromatic amines is 1. The van der Waals surface area contributed by atoms with Crippen molar-refractivity contribution in [2.45, 2.75) is 71.6 Å². The van der Waals surface area contributed by atoms with E-state index >= 15 is 0 Å². The van der Waals surface area contributed by atoms with Crippen LogP contribution in [0.1, 0.15) is 63.3 Å². The molecule has 5 atom stereocenters. The van der Waals surface area contributed by atoms with Gasteiger partial charge in [0, 0.05) is 68.4 Å². The number of amides is 5. The average Bonchev–Trinajstić information content (AvgIpc) is 3.85. The van der Waals surface area contributed by atoms with Crippen LogP contribution in [-0.2, 0) is 4.79 Å². The molecule has 2 fully saturated rings. The first-order valence-electron chi connectivity index (χ1n) is 19.4. The van der Waals surface area contributed by atoms with Gasteiger partial charge in [-0.3, -0.25) is 9.59 Å². The number of alkyl halides is 3. The molecule has 5 N–H and O–H groups in total. The predicted octanol–water partition coefficient (Wildman–Crippen LogP) is 7.38. The topological polar surface area (TPSA) is 185 Å². The first kappa shape index (κ1) is 43.5. The van der Waals surface area contributed by atoms with Gasteiger partial charge in [-0.05, 0) is 55.9 Å². The van der Waals surface area contributed by atoms with Crippen LogP contribution in [0.5, 0.6) is 5.75 Å². The van der Waals surface area contributed by atoms with Crippen molar-refractivity contribution in [3.63, 3.8) is 0 Å². The Morgan fingerprint density at radius 1 is 0.967 bits per heavy atom. The molecule has 0 saturated carbocycles. The molecule has 6 rings (SSSR count). The maximum atomic E-state index is 13.7. The number of nitrogens with one attached hydrogen (secondary N) is 4. The molecule has 15 nitrogen and oxygen atoms in total. The molecular formula is C41H47ClF3N9O6. The molecule has 320 valence electrons. The van der Waals surface area contributed by atoms with Crippen LogP contribution in [0.2, 0.25) is 5.02 Å². The molecule has 0 bridgehead atoms. The molecule has 2 aliphatic heterocycles. The molecule has 19 heteroatoms. The van der Waals surface area contributed by atoms with Crippen molar-refractivity contribution in [1.29, 1.82) is 0 Å². The predicted molar refractivity (Wildman–Crippen MR) is 219 cm³/mol. The fraction of sp³-hybridized carbons (Fsp3) is 0.415. The number of piperazine rings is 1. The highest BCUT2D eigenvalue weighted by molar-refractivity contribution is 6.34. The summed E-state index contributed by atoms with van der Waals surface area (Å²) in [5, 5.41) is 16.8. The van der Waals surface area contributed by atoms with Gasteiger partial charge >= 0.3 is 18.5 Å². The molecule has 4 heterocycles. The smallest absolute Gasteiger partial charge is 0.465 e. The van der Waals surface area contributed by atoms with E-state index in [9.17, 15) is 37.5 Å². The lowest BCUT2D eigenvalue weighted by atomic mass is 10.0. The largest absolute Gasteiger partial charge is 0.573 e. The first-order valence-corrected chi connectivity index (χ1v) is 19.8. The maximum Gasteiger partial charge on any atom is 0.573 e. The second kappa shape index (κ2) is 17.7. The number of imidazole rings is 1. The maximum absolute atomic E-state index is 13.7. The molecule has 0 radical (unpaired) electrons. The van der Waals surface area contributed by atoms with Gasteiger partial charge in [0.1, 0.15) is 23.4 Å². The van der Waals surface area contributed by atoms with E-state index in [4.69, 9.17) is 16.6 Å². The van der Waals surface area contributed by atoms with E-state index in [0.29, 0.717) is 54.5 Å². The van der Waals surface area contributed by atoms with Gasteiger partial charge in [0.2, 0.25) is 5.91 Å². The summed E-state index contributed by atoms with van der Waals surface area (Å²) in [5.74, 6) is -0.631. The van der Waals surface area contributed by atoms with Crippen LogP contribution in [-0.4, -0.2) is 105 Å². The molecule has 0 spiro atoms. The minimum Gasteiger partial charge on any atom is -0.465 e. The summed E-state index contributed by atoms with van der Waals surface area (Å²) in [5.41, 5.74) is 1.51. The molecule has 2 aliphatic rings. The number of H-pyrrole nitrogens is 1. The number of nitrogens with zero attached hydrogens (tertiary/aromatic N) is 5. The first-order chi connectivity index (χ1) is 28.3. The van der Waals surface area contributed by atoms with E-state index in [0.717, 1.165) is 6.07 Å². The Morgan fingerprint density at radius 3 is 2.28 bits per heavy atom. The Balaban J connectivity index is 1.18. The van der Waals surface area contributed by atoms with Crippen molar-refractivity contribution in [2.24, 2.45) is 11.8 Å².